The van der Waals surface area contributed by atoms with Crippen LogP contribution < -0.4 is 10.2 Å². The lowest BCUT2D eigenvalue weighted by molar-refractivity contribution is -0.144. The molecule has 0 amide bonds. The second-order valence-electron chi connectivity index (χ2n) is 10.7. The lowest BCUT2D eigenvalue weighted by Crippen LogP contribution is -2.40. The van der Waals surface area contributed by atoms with Crippen LogP contribution in [0.15, 0.2) is 18.2 Å². The minimum absolute atomic E-state index is 0.0342. The van der Waals surface area contributed by atoms with Crippen LogP contribution in [0, 0.1) is 5.41 Å². The van der Waals surface area contributed by atoms with Crippen molar-refractivity contribution in [2.24, 2.45) is 5.41 Å². The van der Waals surface area contributed by atoms with Crippen molar-refractivity contribution in [2.75, 3.05) is 52.5 Å². The first-order valence-electron chi connectivity index (χ1n) is 11.5. The summed E-state index contributed by atoms with van der Waals surface area (Å²) >= 11 is 0. The van der Waals surface area contributed by atoms with Gasteiger partial charge in [-0.25, -0.2) is 8.42 Å². The predicted octanol–water partition coefficient (Wildman–Crippen LogP) is 2.29. The molecule has 2 atom stereocenters. The second kappa shape index (κ2) is 11.2. The average molecular weight is 483 g/mol. The van der Waals surface area contributed by atoms with Gasteiger partial charge in [0.1, 0.15) is 6.04 Å². The third-order valence-electron chi connectivity index (χ3n) is 5.76. The van der Waals surface area contributed by atoms with E-state index in [1.807, 2.05) is 31.1 Å². The summed E-state index contributed by atoms with van der Waals surface area (Å²) in [6, 6.07) is 5.70. The third-order valence-corrected chi connectivity index (χ3v) is 7.61. The van der Waals surface area contributed by atoms with E-state index >= 15 is 0 Å². The monoisotopic (exact) mass is 482 g/mol. The highest BCUT2D eigenvalue weighted by Gasteiger charge is 2.42. The molecule has 1 saturated heterocycles. The fraction of sp³-hybridized carbons (Fsp3) is 0.708. The van der Waals surface area contributed by atoms with Crippen LogP contribution in [0.5, 0.6) is 0 Å². The second-order valence-corrected chi connectivity index (χ2v) is 12.7. The van der Waals surface area contributed by atoms with Gasteiger partial charge < -0.3 is 19.9 Å². The molecule has 188 valence electrons. The number of methoxy groups -OCH3 is 1. The number of carbonyl (C=O) groups excluding carboxylic acids is 1. The van der Waals surface area contributed by atoms with Gasteiger partial charge in [-0.1, -0.05) is 26.8 Å². The van der Waals surface area contributed by atoms with Crippen LogP contribution in [0.4, 0.5) is 5.69 Å². The van der Waals surface area contributed by atoms with Crippen LogP contribution in [0.25, 0.3) is 0 Å². The Morgan fingerprint density at radius 2 is 1.82 bits per heavy atom. The molecule has 1 aliphatic rings. The van der Waals surface area contributed by atoms with Crippen LogP contribution in [-0.4, -0.2) is 83.3 Å². The number of hydrogen-bond acceptors (Lipinski definition) is 7. The van der Waals surface area contributed by atoms with Gasteiger partial charge in [0.05, 0.1) is 12.9 Å². The summed E-state index contributed by atoms with van der Waals surface area (Å²) in [6.45, 7) is 8.50. The standard InChI is InChI=1S/C24H42N4O4S/c1-24(2,3)14-20(17-26(4)5)25-15-18-11-19(13-21(12-18)27(6)7)16-28-22(23(29)32-8)9-10-33(28,30)31/h11-13,20,22,25H,9-10,14-17H2,1-8H3. The van der Waals surface area contributed by atoms with Gasteiger partial charge in [0, 0.05) is 45.5 Å². The van der Waals surface area contributed by atoms with E-state index in [0.29, 0.717) is 12.6 Å². The summed E-state index contributed by atoms with van der Waals surface area (Å²) in [6.07, 6.45) is 1.30. The Morgan fingerprint density at radius 3 is 2.36 bits per heavy atom. The molecule has 1 N–H and O–H groups in total. The van der Waals surface area contributed by atoms with Crippen LogP contribution >= 0.6 is 0 Å². The fourth-order valence-corrected chi connectivity index (χ4v) is 5.99. The molecule has 0 aromatic heterocycles. The normalized spacial score (nSPS) is 19.6. The Bertz CT molecular complexity index is 910. The molecule has 1 aromatic carbocycles. The summed E-state index contributed by atoms with van der Waals surface area (Å²) in [5, 5.41) is 3.70. The summed E-state index contributed by atoms with van der Waals surface area (Å²) in [7, 11) is 5.89. The quantitative estimate of drug-likeness (QED) is 0.513. The van der Waals surface area contributed by atoms with E-state index in [2.05, 4.69) is 51.1 Å². The molecule has 0 aliphatic carbocycles. The largest absolute Gasteiger partial charge is 0.468 e. The number of benzene rings is 1. The van der Waals surface area contributed by atoms with Crippen molar-refractivity contribution < 1.29 is 17.9 Å². The molecule has 1 aromatic rings. The maximum Gasteiger partial charge on any atom is 0.324 e. The molecule has 2 rings (SSSR count). The number of carbonyl (C=O) groups is 1. The highest BCUT2D eigenvalue weighted by Crippen LogP contribution is 2.27. The number of anilines is 1. The van der Waals surface area contributed by atoms with Crippen molar-refractivity contribution >= 4 is 21.7 Å². The maximum absolute atomic E-state index is 12.6. The fourth-order valence-electron chi connectivity index (χ4n) is 4.31. The highest BCUT2D eigenvalue weighted by molar-refractivity contribution is 7.89. The number of rotatable bonds is 10. The molecule has 0 spiro atoms. The Hall–Kier alpha value is -1.68. The summed E-state index contributed by atoms with van der Waals surface area (Å²) in [5.74, 6) is -0.538. The lowest BCUT2D eigenvalue weighted by Gasteiger charge is -2.29. The van der Waals surface area contributed by atoms with E-state index in [1.54, 1.807) is 0 Å². The van der Waals surface area contributed by atoms with Crippen LogP contribution in [0.3, 0.4) is 0 Å². The van der Waals surface area contributed by atoms with Crippen molar-refractivity contribution in [3.05, 3.63) is 29.3 Å². The Kier molecular flexibility index (Phi) is 9.32. The Morgan fingerprint density at radius 1 is 1.18 bits per heavy atom. The van der Waals surface area contributed by atoms with Gasteiger partial charge >= 0.3 is 5.97 Å². The van der Waals surface area contributed by atoms with Crippen molar-refractivity contribution in [2.45, 2.75) is 58.8 Å². The van der Waals surface area contributed by atoms with E-state index in [0.717, 1.165) is 29.8 Å². The van der Waals surface area contributed by atoms with Crippen LogP contribution in [-0.2, 0) is 32.6 Å². The van der Waals surface area contributed by atoms with Gasteiger partial charge in [-0.2, -0.15) is 4.31 Å². The molecular formula is C24H42N4O4S. The van der Waals surface area contributed by atoms with Crippen molar-refractivity contribution in [3.8, 4) is 0 Å². The number of sulfonamides is 1. The number of nitrogens with one attached hydrogen (secondary N) is 1. The van der Waals surface area contributed by atoms with Crippen molar-refractivity contribution in [1.82, 2.24) is 14.5 Å². The number of likely N-dealkylation sites (N-methyl/N-ethyl adjacent to an activating group) is 1. The van der Waals surface area contributed by atoms with E-state index in [9.17, 15) is 13.2 Å². The van der Waals surface area contributed by atoms with E-state index in [1.165, 1.54) is 11.4 Å². The predicted molar refractivity (Wildman–Crippen MR) is 134 cm³/mol. The van der Waals surface area contributed by atoms with Gasteiger partial charge in [-0.3, -0.25) is 4.79 Å². The molecule has 0 bridgehead atoms. The molecule has 33 heavy (non-hydrogen) atoms. The van der Waals surface area contributed by atoms with Gasteiger partial charge in [0.15, 0.2) is 0 Å². The van der Waals surface area contributed by atoms with Crippen LogP contribution in [0.2, 0.25) is 0 Å². The minimum Gasteiger partial charge on any atom is -0.468 e. The molecule has 8 nitrogen and oxygen atoms in total. The summed E-state index contributed by atoms with van der Waals surface area (Å²) < 4.78 is 31.4. The molecule has 0 radical (unpaired) electrons. The smallest absolute Gasteiger partial charge is 0.324 e. The van der Waals surface area contributed by atoms with Gasteiger partial charge in [0.25, 0.3) is 0 Å². The van der Waals surface area contributed by atoms with Crippen molar-refractivity contribution in [3.63, 3.8) is 0 Å². The highest BCUT2D eigenvalue weighted by atomic mass is 32.2. The SMILES string of the molecule is COC(=O)C1CCS(=O)(=O)N1Cc1cc(CNC(CN(C)C)CC(C)(C)C)cc(N(C)C)c1. The number of nitrogens with zero attached hydrogens (tertiary/aromatic N) is 3. The first kappa shape index (κ1) is 27.6. The molecule has 2 unspecified atom stereocenters. The average Bonchev–Trinajstić information content (AvgIpc) is 2.98. The zero-order chi connectivity index (χ0) is 25.0. The summed E-state index contributed by atoms with van der Waals surface area (Å²) in [5.41, 5.74) is 3.14. The molecule has 1 aliphatic heterocycles. The molecule has 1 heterocycles. The van der Waals surface area contributed by atoms with Crippen molar-refractivity contribution in [1.29, 1.82) is 0 Å². The third kappa shape index (κ3) is 8.24. The Balaban J connectivity index is 2.27. The van der Waals surface area contributed by atoms with Gasteiger partial charge in [-0.15, -0.1) is 0 Å². The minimum atomic E-state index is -3.50. The summed E-state index contributed by atoms with van der Waals surface area (Å²) in [4.78, 5) is 16.4. The Labute approximate surface area is 200 Å². The molecular weight excluding hydrogens is 440 g/mol. The van der Waals surface area contributed by atoms with E-state index in [4.69, 9.17) is 4.74 Å². The topological polar surface area (TPSA) is 82.2 Å². The van der Waals surface area contributed by atoms with E-state index in [-0.39, 0.29) is 24.1 Å². The maximum atomic E-state index is 12.6. The lowest BCUT2D eigenvalue weighted by atomic mass is 9.88. The van der Waals surface area contributed by atoms with Crippen LogP contribution in [0.1, 0.15) is 44.7 Å². The van der Waals surface area contributed by atoms with Gasteiger partial charge in [-0.05, 0) is 55.6 Å². The molecule has 0 saturated carbocycles. The first-order valence-corrected chi connectivity index (χ1v) is 13.1. The molecule has 9 heteroatoms. The molecule has 1 fully saturated rings. The van der Waals surface area contributed by atoms with Gasteiger partial charge in [0.2, 0.25) is 10.0 Å². The number of esters is 1. The zero-order valence-corrected chi connectivity index (χ0v) is 22.3. The zero-order valence-electron chi connectivity index (χ0n) is 21.5. The number of hydrogen-bond donors (Lipinski definition) is 1. The number of ether oxygens (including phenoxy) is 1. The van der Waals surface area contributed by atoms with E-state index < -0.39 is 22.0 Å². The first-order chi connectivity index (χ1) is 15.2.